The molecular weight excluding hydrogens is 314 g/mol. The van der Waals surface area contributed by atoms with E-state index in [-0.39, 0.29) is 0 Å². The first kappa shape index (κ1) is 16.0. The van der Waals surface area contributed by atoms with Crippen LogP contribution in [-0.4, -0.2) is 10.2 Å². The number of hydrogen-bond donors (Lipinski definition) is 0. The summed E-state index contributed by atoms with van der Waals surface area (Å²) in [4.78, 5) is 4.58. The molecule has 0 unspecified atom stereocenters. The van der Waals surface area contributed by atoms with E-state index in [1.165, 1.54) is 54.4 Å². The maximum atomic E-state index is 6.18. The van der Waals surface area contributed by atoms with Crippen molar-refractivity contribution in [3.8, 4) is 5.75 Å². The van der Waals surface area contributed by atoms with Gasteiger partial charge in [0.2, 0.25) is 0 Å². The third kappa shape index (κ3) is 3.32. The molecule has 0 N–H and O–H groups in total. The van der Waals surface area contributed by atoms with E-state index >= 15 is 0 Å². The van der Waals surface area contributed by atoms with E-state index in [4.69, 9.17) is 4.74 Å². The van der Waals surface area contributed by atoms with Crippen molar-refractivity contribution < 1.29 is 4.74 Å². The van der Waals surface area contributed by atoms with E-state index in [1.54, 1.807) is 0 Å². The topological polar surface area (TPSA) is 22.1 Å². The number of aromatic nitrogens is 1. The lowest BCUT2D eigenvalue weighted by molar-refractivity contribution is 0.300. The normalized spacial score (nSPS) is 17.6. The number of hydrogen-bond acceptors (Lipinski definition) is 3. The predicted molar refractivity (Wildman–Crippen MR) is 100.0 cm³/mol. The van der Waals surface area contributed by atoms with Crippen LogP contribution in [0.5, 0.6) is 5.75 Å². The summed E-state index contributed by atoms with van der Waals surface area (Å²) in [5, 5.41) is 1.90. The highest BCUT2D eigenvalue weighted by molar-refractivity contribution is 8.00. The van der Waals surface area contributed by atoms with Gasteiger partial charge in [0.1, 0.15) is 17.4 Å². The molecule has 1 aromatic heterocycles. The number of rotatable bonds is 6. The lowest BCUT2D eigenvalue weighted by atomic mass is 9.99. The lowest BCUT2D eigenvalue weighted by Gasteiger charge is -2.25. The molecule has 2 aliphatic carbocycles. The van der Waals surface area contributed by atoms with Gasteiger partial charge in [0.25, 0.3) is 0 Å². The van der Waals surface area contributed by atoms with Crippen LogP contribution >= 0.6 is 11.8 Å². The molecule has 2 fully saturated rings. The van der Waals surface area contributed by atoms with Crippen molar-refractivity contribution in [3.63, 3.8) is 0 Å². The summed E-state index contributed by atoms with van der Waals surface area (Å²) < 4.78 is 6.18. The Bertz CT molecular complexity index is 735. The summed E-state index contributed by atoms with van der Waals surface area (Å²) in [5.74, 6) is 1.81. The molecule has 24 heavy (non-hydrogen) atoms. The minimum atomic E-state index is 0.603. The smallest absolute Gasteiger partial charge is 0.123 e. The predicted octanol–water partition coefficient (Wildman–Crippen LogP) is 5.80. The quantitative estimate of drug-likeness (QED) is 0.664. The first-order valence-corrected chi connectivity index (χ1v) is 9.94. The maximum Gasteiger partial charge on any atom is 0.123 e. The van der Waals surface area contributed by atoms with Gasteiger partial charge in [-0.1, -0.05) is 18.6 Å². The highest BCUT2D eigenvalue weighted by Gasteiger charge is 2.26. The Balaban J connectivity index is 1.48. The second-order valence-corrected chi connectivity index (χ2v) is 8.39. The molecule has 1 heterocycles. The molecular formula is C21H25NOS. The van der Waals surface area contributed by atoms with Gasteiger partial charge in [-0.15, -0.1) is 11.8 Å². The second kappa shape index (κ2) is 6.79. The van der Waals surface area contributed by atoms with E-state index in [2.05, 4.69) is 37.0 Å². The number of benzene rings is 1. The largest absolute Gasteiger partial charge is 0.489 e. The summed E-state index contributed by atoms with van der Waals surface area (Å²) in [7, 11) is 0. The zero-order valence-corrected chi connectivity index (χ0v) is 15.4. The maximum absolute atomic E-state index is 6.18. The van der Waals surface area contributed by atoms with Gasteiger partial charge in [-0.05, 0) is 74.3 Å². The van der Waals surface area contributed by atoms with Crippen molar-refractivity contribution in [2.75, 3.05) is 0 Å². The van der Waals surface area contributed by atoms with Gasteiger partial charge in [0.15, 0.2) is 0 Å². The van der Waals surface area contributed by atoms with Crippen LogP contribution in [-0.2, 0) is 6.61 Å². The van der Waals surface area contributed by atoms with Crippen molar-refractivity contribution in [1.29, 1.82) is 0 Å². The SMILES string of the molecule is Cc1c(OCc2cccnc2SC2CCC2)ccc(C2CC2)c1C. The number of nitrogens with zero attached hydrogens (tertiary/aromatic N) is 1. The van der Waals surface area contributed by atoms with Crippen LogP contribution in [0.15, 0.2) is 35.5 Å². The van der Waals surface area contributed by atoms with E-state index in [1.807, 2.05) is 24.0 Å². The van der Waals surface area contributed by atoms with Gasteiger partial charge in [-0.2, -0.15) is 0 Å². The van der Waals surface area contributed by atoms with Gasteiger partial charge in [0, 0.05) is 17.0 Å². The fourth-order valence-corrected chi connectivity index (χ4v) is 4.54. The molecule has 0 amide bonds. The number of thioether (sulfide) groups is 1. The molecule has 2 nitrogen and oxygen atoms in total. The molecule has 3 heteroatoms. The van der Waals surface area contributed by atoms with Crippen molar-refractivity contribution >= 4 is 11.8 Å². The monoisotopic (exact) mass is 339 g/mol. The van der Waals surface area contributed by atoms with Crippen LogP contribution in [0.25, 0.3) is 0 Å². The fourth-order valence-electron chi connectivity index (χ4n) is 3.25. The standard InChI is InChI=1S/C21H25NOS/c1-14-15(2)20(11-10-19(14)16-8-9-16)23-13-17-5-4-12-22-21(17)24-18-6-3-7-18/h4-5,10-12,16,18H,3,6-9,13H2,1-2H3. The third-order valence-electron chi connectivity index (χ3n) is 5.36. The minimum Gasteiger partial charge on any atom is -0.489 e. The molecule has 0 bridgehead atoms. The summed E-state index contributed by atoms with van der Waals surface area (Å²) in [6.07, 6.45) is 8.59. The fraction of sp³-hybridized carbons (Fsp3) is 0.476. The number of ether oxygens (including phenoxy) is 1. The number of pyridine rings is 1. The molecule has 2 saturated carbocycles. The van der Waals surface area contributed by atoms with Gasteiger partial charge in [-0.25, -0.2) is 4.98 Å². The zero-order valence-electron chi connectivity index (χ0n) is 14.5. The summed E-state index contributed by atoms with van der Waals surface area (Å²) in [6, 6.07) is 8.58. The molecule has 0 atom stereocenters. The molecule has 126 valence electrons. The van der Waals surface area contributed by atoms with Gasteiger partial charge in [0.05, 0.1) is 0 Å². The van der Waals surface area contributed by atoms with Gasteiger partial charge < -0.3 is 4.74 Å². The summed E-state index contributed by atoms with van der Waals surface area (Å²) in [6.45, 7) is 5.02. The Morgan fingerprint density at radius 1 is 1.08 bits per heavy atom. The van der Waals surface area contributed by atoms with Crippen molar-refractivity contribution in [1.82, 2.24) is 4.98 Å². The van der Waals surface area contributed by atoms with E-state index in [9.17, 15) is 0 Å². The summed E-state index contributed by atoms with van der Waals surface area (Å²) in [5.41, 5.74) is 5.42. The second-order valence-electron chi connectivity index (χ2n) is 7.10. The molecule has 0 radical (unpaired) electrons. The molecule has 0 saturated heterocycles. The highest BCUT2D eigenvalue weighted by atomic mass is 32.2. The Hall–Kier alpha value is -1.48. The Kier molecular flexibility index (Phi) is 4.53. The van der Waals surface area contributed by atoms with E-state index in [0.29, 0.717) is 6.61 Å². The molecule has 4 rings (SSSR count). The molecule has 0 aliphatic heterocycles. The molecule has 2 aliphatic rings. The zero-order chi connectivity index (χ0) is 16.5. The Labute approximate surface area is 149 Å². The van der Waals surface area contributed by atoms with Crippen molar-refractivity contribution in [2.45, 2.75) is 68.8 Å². The van der Waals surface area contributed by atoms with Crippen LogP contribution < -0.4 is 4.74 Å². The van der Waals surface area contributed by atoms with Crippen LogP contribution in [0.4, 0.5) is 0 Å². The minimum absolute atomic E-state index is 0.603. The lowest BCUT2D eigenvalue weighted by Crippen LogP contribution is -2.14. The first-order chi connectivity index (χ1) is 11.7. The molecule has 1 aromatic carbocycles. The highest BCUT2D eigenvalue weighted by Crippen LogP contribution is 2.43. The Morgan fingerprint density at radius 3 is 2.62 bits per heavy atom. The average molecular weight is 340 g/mol. The van der Waals surface area contributed by atoms with Crippen molar-refractivity contribution in [3.05, 3.63) is 52.7 Å². The van der Waals surface area contributed by atoms with E-state index in [0.717, 1.165) is 21.9 Å². The third-order valence-corrected chi connectivity index (χ3v) is 6.76. The van der Waals surface area contributed by atoms with Gasteiger partial charge in [-0.3, -0.25) is 0 Å². The van der Waals surface area contributed by atoms with Crippen molar-refractivity contribution in [2.24, 2.45) is 0 Å². The van der Waals surface area contributed by atoms with Gasteiger partial charge >= 0.3 is 0 Å². The first-order valence-electron chi connectivity index (χ1n) is 9.06. The Morgan fingerprint density at radius 2 is 1.92 bits per heavy atom. The van der Waals surface area contributed by atoms with Crippen LogP contribution in [0.1, 0.15) is 60.3 Å². The van der Waals surface area contributed by atoms with Crippen LogP contribution in [0.2, 0.25) is 0 Å². The summed E-state index contributed by atoms with van der Waals surface area (Å²) >= 11 is 1.92. The van der Waals surface area contributed by atoms with Crippen LogP contribution in [0, 0.1) is 13.8 Å². The molecule has 0 spiro atoms. The van der Waals surface area contributed by atoms with Crippen LogP contribution in [0.3, 0.4) is 0 Å². The van der Waals surface area contributed by atoms with E-state index < -0.39 is 0 Å². The molecule has 2 aromatic rings. The average Bonchev–Trinajstić information content (AvgIpc) is 3.38.